The molecule has 1 amide bonds. The fraction of sp³-hybridized carbons (Fsp3) is 0.333. The highest BCUT2D eigenvalue weighted by Crippen LogP contribution is 2.36. The zero-order valence-corrected chi connectivity index (χ0v) is 20.0. The van der Waals surface area contributed by atoms with E-state index in [4.69, 9.17) is 4.74 Å². The van der Waals surface area contributed by atoms with Crippen molar-refractivity contribution in [3.63, 3.8) is 0 Å². The van der Waals surface area contributed by atoms with E-state index in [1.807, 2.05) is 25.1 Å². The summed E-state index contributed by atoms with van der Waals surface area (Å²) in [7, 11) is 1.63. The van der Waals surface area contributed by atoms with Gasteiger partial charge in [-0.05, 0) is 65.9 Å². The van der Waals surface area contributed by atoms with E-state index in [9.17, 15) is 22.4 Å². The van der Waals surface area contributed by atoms with Gasteiger partial charge in [0.25, 0.3) is 5.91 Å². The monoisotopic (exact) mass is 501 g/mol. The first-order valence-corrected chi connectivity index (χ1v) is 11.6. The molecule has 36 heavy (non-hydrogen) atoms. The summed E-state index contributed by atoms with van der Waals surface area (Å²) >= 11 is 0. The molecule has 1 aromatic heterocycles. The molecule has 190 valence electrons. The average molecular weight is 502 g/mol. The zero-order chi connectivity index (χ0) is 25.9. The van der Waals surface area contributed by atoms with E-state index in [0.717, 1.165) is 40.2 Å². The van der Waals surface area contributed by atoms with Gasteiger partial charge in [0.15, 0.2) is 0 Å². The third-order valence-corrected chi connectivity index (χ3v) is 6.32. The summed E-state index contributed by atoms with van der Waals surface area (Å²) in [6, 6.07) is 13.4. The van der Waals surface area contributed by atoms with Crippen molar-refractivity contribution < 1.29 is 27.1 Å². The maximum absolute atomic E-state index is 13.5. The Kier molecular flexibility index (Phi) is 7.59. The van der Waals surface area contributed by atoms with Crippen LogP contribution in [0.1, 0.15) is 27.2 Å². The van der Waals surface area contributed by atoms with Crippen molar-refractivity contribution in [3.8, 4) is 11.1 Å². The molecule has 1 atom stereocenters. The summed E-state index contributed by atoms with van der Waals surface area (Å²) in [5.74, 6) is -0.724. The molecule has 2 heterocycles. The first-order chi connectivity index (χ1) is 17.2. The van der Waals surface area contributed by atoms with Gasteiger partial charge in [0.2, 0.25) is 0 Å². The van der Waals surface area contributed by atoms with Crippen molar-refractivity contribution in [1.82, 2.24) is 4.98 Å². The van der Waals surface area contributed by atoms with E-state index in [-0.39, 0.29) is 18.2 Å². The molecule has 0 fully saturated rings. The fourth-order valence-electron chi connectivity index (χ4n) is 4.44. The summed E-state index contributed by atoms with van der Waals surface area (Å²) in [5.41, 5.74) is 4.07. The molecule has 0 aliphatic carbocycles. The molecule has 5 nitrogen and oxygen atoms in total. The van der Waals surface area contributed by atoms with E-state index < -0.39 is 17.8 Å². The molecule has 0 spiro atoms. The molecule has 0 radical (unpaired) electrons. The van der Waals surface area contributed by atoms with Gasteiger partial charge in [0.05, 0.1) is 13.3 Å². The lowest BCUT2D eigenvalue weighted by molar-refractivity contribution is -0.141. The highest BCUT2D eigenvalue weighted by Gasteiger charge is 2.33. The third kappa shape index (κ3) is 5.67. The van der Waals surface area contributed by atoms with Crippen LogP contribution in [0.5, 0.6) is 0 Å². The van der Waals surface area contributed by atoms with Crippen LogP contribution < -0.4 is 10.2 Å². The number of nitrogens with zero attached hydrogens (tertiary/aromatic N) is 2. The molecule has 9 heteroatoms. The maximum atomic E-state index is 13.5. The highest BCUT2D eigenvalue weighted by molar-refractivity contribution is 6.04. The molecule has 3 aromatic rings. The number of rotatable bonds is 7. The topological polar surface area (TPSA) is 54.5 Å². The van der Waals surface area contributed by atoms with Gasteiger partial charge < -0.3 is 15.0 Å². The number of hydrogen-bond acceptors (Lipinski definition) is 4. The lowest BCUT2D eigenvalue weighted by Gasteiger charge is -2.35. The lowest BCUT2D eigenvalue weighted by atomic mass is 9.90. The summed E-state index contributed by atoms with van der Waals surface area (Å²) in [4.78, 5) is 18.1. The lowest BCUT2D eigenvalue weighted by Crippen LogP contribution is -2.38. The van der Waals surface area contributed by atoms with Crippen molar-refractivity contribution in [2.75, 3.05) is 43.7 Å². The first kappa shape index (κ1) is 25.6. The molecule has 0 bridgehead atoms. The molecule has 2 aromatic carbocycles. The van der Waals surface area contributed by atoms with Crippen molar-refractivity contribution in [2.24, 2.45) is 5.92 Å². The molecular weight excluding hydrogens is 474 g/mol. The summed E-state index contributed by atoms with van der Waals surface area (Å²) in [6.07, 6.45) is -3.01. The number of carbonyl (C=O) groups is 1. The second-order valence-electron chi connectivity index (χ2n) is 8.92. The number of pyridine rings is 1. The number of anilines is 2. The van der Waals surface area contributed by atoms with Gasteiger partial charge in [-0.3, -0.25) is 14.2 Å². The molecule has 1 N–H and O–H groups in total. The van der Waals surface area contributed by atoms with E-state index >= 15 is 0 Å². The van der Waals surface area contributed by atoms with Crippen molar-refractivity contribution in [2.45, 2.75) is 19.5 Å². The van der Waals surface area contributed by atoms with Crippen LogP contribution in [-0.2, 0) is 17.3 Å². The second-order valence-corrected chi connectivity index (χ2v) is 8.92. The number of aromatic nitrogens is 1. The number of ether oxygens (including phenoxy) is 1. The van der Waals surface area contributed by atoms with E-state index in [1.54, 1.807) is 19.2 Å². The fourth-order valence-corrected chi connectivity index (χ4v) is 4.44. The van der Waals surface area contributed by atoms with Gasteiger partial charge >= 0.3 is 6.18 Å². The van der Waals surface area contributed by atoms with Crippen LogP contribution in [0.3, 0.4) is 0 Å². The average Bonchev–Trinajstić information content (AvgIpc) is 2.87. The minimum Gasteiger partial charge on any atom is -0.383 e. The Bertz CT molecular complexity index is 1250. The Morgan fingerprint density at radius 2 is 1.97 bits per heavy atom. The second kappa shape index (κ2) is 10.7. The largest absolute Gasteiger partial charge is 0.433 e. The van der Waals surface area contributed by atoms with Gasteiger partial charge in [-0.25, -0.2) is 0 Å². The molecule has 1 unspecified atom stereocenters. The molecular formula is C27H27F4N3O2. The Balaban J connectivity index is 1.61. The molecule has 0 saturated heterocycles. The summed E-state index contributed by atoms with van der Waals surface area (Å²) in [6.45, 7) is 3.34. The SMILES string of the molecule is COCCN1CC(CF)Cc2ccc(-c3cc(NC(=O)c4ccnc(C(F)(F)F)c4)ccc3C)cc21. The number of nitrogens with one attached hydrogen (secondary N) is 1. The van der Waals surface area contributed by atoms with Gasteiger partial charge in [0, 0.05) is 49.3 Å². The molecule has 0 saturated carbocycles. The van der Waals surface area contributed by atoms with E-state index in [1.165, 1.54) is 6.07 Å². The summed E-state index contributed by atoms with van der Waals surface area (Å²) < 4.78 is 57.6. The van der Waals surface area contributed by atoms with Crippen molar-refractivity contribution in [1.29, 1.82) is 0 Å². The van der Waals surface area contributed by atoms with Gasteiger partial charge in [-0.15, -0.1) is 0 Å². The van der Waals surface area contributed by atoms with Gasteiger partial charge in [-0.2, -0.15) is 13.2 Å². The quantitative estimate of drug-likeness (QED) is 0.408. The van der Waals surface area contributed by atoms with Crippen LogP contribution in [0.2, 0.25) is 0 Å². The van der Waals surface area contributed by atoms with Gasteiger partial charge in [-0.1, -0.05) is 18.2 Å². The van der Waals surface area contributed by atoms with Crippen LogP contribution in [0.4, 0.5) is 28.9 Å². The Labute approximate surface area is 207 Å². The Morgan fingerprint density at radius 1 is 1.17 bits per heavy atom. The first-order valence-electron chi connectivity index (χ1n) is 11.6. The molecule has 1 aliphatic heterocycles. The van der Waals surface area contributed by atoms with Crippen LogP contribution in [0, 0.1) is 12.8 Å². The molecule has 4 rings (SSSR count). The Morgan fingerprint density at radius 3 is 2.69 bits per heavy atom. The Hall–Kier alpha value is -3.46. The maximum Gasteiger partial charge on any atom is 0.433 e. The highest BCUT2D eigenvalue weighted by atomic mass is 19.4. The van der Waals surface area contributed by atoms with Gasteiger partial charge in [0.1, 0.15) is 5.69 Å². The van der Waals surface area contributed by atoms with E-state index in [0.29, 0.717) is 31.8 Å². The number of fused-ring (bicyclic) bond motifs is 1. The minimum atomic E-state index is -4.64. The smallest absolute Gasteiger partial charge is 0.383 e. The minimum absolute atomic E-state index is 0.0634. The van der Waals surface area contributed by atoms with Crippen LogP contribution in [0.25, 0.3) is 11.1 Å². The number of methoxy groups -OCH3 is 1. The predicted octanol–water partition coefficient (Wildman–Crippen LogP) is 5.92. The number of aryl methyl sites for hydroxylation is 1. The van der Waals surface area contributed by atoms with Crippen LogP contribution in [-0.4, -0.2) is 44.4 Å². The van der Waals surface area contributed by atoms with Crippen LogP contribution >= 0.6 is 0 Å². The predicted molar refractivity (Wildman–Crippen MR) is 131 cm³/mol. The van der Waals surface area contributed by atoms with Crippen molar-refractivity contribution in [3.05, 3.63) is 77.1 Å². The zero-order valence-electron chi connectivity index (χ0n) is 20.0. The standard InChI is InChI=1S/C27H27F4N3O2/c1-17-3-6-22(33-26(35)21-7-8-32-25(13-21)27(29,30)31)14-23(17)19-4-5-20-11-18(15-28)16-34(9-10-36-2)24(20)12-19/h3-8,12-14,18H,9-11,15-16H2,1-2H3,(H,33,35). The third-order valence-electron chi connectivity index (χ3n) is 6.32. The van der Waals surface area contributed by atoms with Crippen molar-refractivity contribution >= 4 is 17.3 Å². The number of hydrogen-bond donors (Lipinski definition) is 1. The number of halogens is 4. The normalized spacial score (nSPS) is 15.5. The molecule has 1 aliphatic rings. The number of carbonyl (C=O) groups excluding carboxylic acids is 1. The number of amides is 1. The van der Waals surface area contributed by atoms with Crippen LogP contribution in [0.15, 0.2) is 54.7 Å². The van der Waals surface area contributed by atoms with E-state index in [2.05, 4.69) is 21.3 Å². The number of benzene rings is 2. The number of alkyl halides is 4. The summed E-state index contributed by atoms with van der Waals surface area (Å²) in [5, 5.41) is 2.68.